The summed E-state index contributed by atoms with van der Waals surface area (Å²) in [6, 6.07) is 31.7. The van der Waals surface area contributed by atoms with Crippen LogP contribution in [0.1, 0.15) is 22.3 Å². The molecular weight excluding hydrogens is 572 g/mol. The number of carbonyl (C=O) groups excluding carboxylic acids is 1. The molecule has 0 bridgehead atoms. The molecule has 5 nitrogen and oxygen atoms in total. The maximum Gasteiger partial charge on any atom is 0.267 e. The number of aryl methyl sites for hydroxylation is 1. The van der Waals surface area contributed by atoms with Gasteiger partial charge in [0.2, 0.25) is 0 Å². The zero-order chi connectivity index (χ0) is 27.2. The van der Waals surface area contributed by atoms with E-state index in [1.807, 2.05) is 110 Å². The molecule has 39 heavy (non-hydrogen) atoms. The highest BCUT2D eigenvalue weighted by molar-refractivity contribution is 9.10. The third-order valence-electron chi connectivity index (χ3n) is 6.11. The maximum absolute atomic E-state index is 13.6. The zero-order valence-corrected chi connectivity index (χ0v) is 24.0. The number of aliphatic imine (C=N–C) groups is 1. The minimum atomic E-state index is -0.0887. The van der Waals surface area contributed by atoms with Crippen molar-refractivity contribution in [1.82, 2.24) is 4.90 Å². The van der Waals surface area contributed by atoms with Gasteiger partial charge >= 0.3 is 0 Å². The molecule has 0 saturated carbocycles. The number of hydrogen-bond donors (Lipinski definition) is 0. The number of amides is 1. The second-order valence-corrected chi connectivity index (χ2v) is 10.9. The molecule has 1 saturated heterocycles. The van der Waals surface area contributed by atoms with Crippen LogP contribution in [-0.2, 0) is 17.9 Å². The molecule has 0 atom stereocenters. The summed E-state index contributed by atoms with van der Waals surface area (Å²) in [4.78, 5) is 20.8. The molecule has 1 heterocycles. The molecule has 1 amide bonds. The number of benzene rings is 4. The first kappa shape index (κ1) is 26.8. The minimum absolute atomic E-state index is 0.0887. The van der Waals surface area contributed by atoms with Gasteiger partial charge in [-0.25, -0.2) is 4.99 Å². The Hall–Kier alpha value is -3.81. The Morgan fingerprint density at radius 2 is 1.59 bits per heavy atom. The van der Waals surface area contributed by atoms with E-state index in [2.05, 4.69) is 15.9 Å². The molecule has 1 fully saturated rings. The van der Waals surface area contributed by atoms with Gasteiger partial charge in [0.05, 0.1) is 28.7 Å². The molecule has 0 N–H and O–H groups in total. The molecule has 7 heteroatoms. The molecule has 196 valence electrons. The molecule has 5 rings (SSSR count). The molecule has 1 aliphatic heterocycles. The van der Waals surface area contributed by atoms with Crippen molar-refractivity contribution in [2.45, 2.75) is 20.1 Å². The summed E-state index contributed by atoms with van der Waals surface area (Å²) < 4.78 is 12.5. The van der Waals surface area contributed by atoms with E-state index in [0.29, 0.717) is 34.7 Å². The summed E-state index contributed by atoms with van der Waals surface area (Å²) in [5, 5.41) is 0.646. The van der Waals surface area contributed by atoms with Crippen molar-refractivity contribution in [2.75, 3.05) is 7.11 Å². The first-order valence-corrected chi connectivity index (χ1v) is 14.1. The molecule has 4 aromatic carbocycles. The Morgan fingerprint density at radius 1 is 0.923 bits per heavy atom. The summed E-state index contributed by atoms with van der Waals surface area (Å²) in [6.45, 7) is 2.89. The zero-order valence-electron chi connectivity index (χ0n) is 21.6. The van der Waals surface area contributed by atoms with Gasteiger partial charge < -0.3 is 9.47 Å². The first-order valence-electron chi connectivity index (χ1n) is 12.4. The van der Waals surface area contributed by atoms with Gasteiger partial charge in [0.25, 0.3) is 5.91 Å². The summed E-state index contributed by atoms with van der Waals surface area (Å²) in [5.41, 5.74) is 4.88. The highest BCUT2D eigenvalue weighted by atomic mass is 79.9. The Morgan fingerprint density at radius 3 is 2.26 bits per heavy atom. The quantitative estimate of drug-likeness (QED) is 0.192. The number of methoxy groups -OCH3 is 1. The average Bonchev–Trinajstić information content (AvgIpc) is 3.23. The number of amidine groups is 1. The Kier molecular flexibility index (Phi) is 8.49. The maximum atomic E-state index is 13.6. The van der Waals surface area contributed by atoms with E-state index in [9.17, 15) is 4.79 Å². The third kappa shape index (κ3) is 6.61. The van der Waals surface area contributed by atoms with Gasteiger partial charge in [-0.1, -0.05) is 78.4 Å². The first-order chi connectivity index (χ1) is 19.0. The van der Waals surface area contributed by atoms with Gasteiger partial charge in [0.15, 0.2) is 16.7 Å². The van der Waals surface area contributed by atoms with E-state index in [-0.39, 0.29) is 5.91 Å². The number of rotatable bonds is 8. The van der Waals surface area contributed by atoms with E-state index in [1.165, 1.54) is 11.8 Å². The van der Waals surface area contributed by atoms with Gasteiger partial charge in [-0.15, -0.1) is 0 Å². The van der Waals surface area contributed by atoms with Crippen LogP contribution in [0.5, 0.6) is 11.5 Å². The van der Waals surface area contributed by atoms with Gasteiger partial charge in [0.1, 0.15) is 6.61 Å². The van der Waals surface area contributed by atoms with Crippen LogP contribution in [0.2, 0.25) is 0 Å². The monoisotopic (exact) mass is 598 g/mol. The fourth-order valence-electron chi connectivity index (χ4n) is 4.07. The van der Waals surface area contributed by atoms with Gasteiger partial charge in [0, 0.05) is 0 Å². The van der Waals surface area contributed by atoms with Crippen molar-refractivity contribution < 1.29 is 14.3 Å². The summed E-state index contributed by atoms with van der Waals surface area (Å²) in [7, 11) is 1.61. The van der Waals surface area contributed by atoms with Crippen molar-refractivity contribution in [3.63, 3.8) is 0 Å². The van der Waals surface area contributed by atoms with Crippen LogP contribution in [0.3, 0.4) is 0 Å². The molecule has 0 aliphatic carbocycles. The second kappa shape index (κ2) is 12.4. The number of halogens is 1. The molecule has 0 unspecified atom stereocenters. The average molecular weight is 600 g/mol. The largest absolute Gasteiger partial charge is 0.493 e. The summed E-state index contributed by atoms with van der Waals surface area (Å²) >= 11 is 5.01. The smallest absolute Gasteiger partial charge is 0.267 e. The van der Waals surface area contributed by atoms with Gasteiger partial charge in [-0.05, 0) is 81.6 Å². The van der Waals surface area contributed by atoms with E-state index in [0.717, 1.165) is 32.4 Å². The van der Waals surface area contributed by atoms with Crippen molar-refractivity contribution in [3.8, 4) is 11.5 Å². The van der Waals surface area contributed by atoms with Crippen LogP contribution in [-0.4, -0.2) is 23.1 Å². The van der Waals surface area contributed by atoms with Crippen LogP contribution < -0.4 is 9.47 Å². The van der Waals surface area contributed by atoms with Crippen LogP contribution in [0.15, 0.2) is 111 Å². The third-order valence-corrected chi connectivity index (χ3v) is 7.70. The van der Waals surface area contributed by atoms with E-state index in [1.54, 1.807) is 12.0 Å². The van der Waals surface area contributed by atoms with Crippen molar-refractivity contribution in [1.29, 1.82) is 0 Å². The van der Waals surface area contributed by atoms with E-state index >= 15 is 0 Å². The van der Waals surface area contributed by atoms with Gasteiger partial charge in [-0.2, -0.15) is 0 Å². The predicted octanol–water partition coefficient (Wildman–Crippen LogP) is 8.15. The Bertz CT molecular complexity index is 1520. The minimum Gasteiger partial charge on any atom is -0.493 e. The highest BCUT2D eigenvalue weighted by Crippen LogP contribution is 2.40. The number of thioether (sulfide) groups is 1. The molecule has 0 spiro atoms. The molecule has 4 aromatic rings. The number of hydrogen-bond acceptors (Lipinski definition) is 5. The Labute approximate surface area is 241 Å². The van der Waals surface area contributed by atoms with Gasteiger partial charge in [-0.3, -0.25) is 9.69 Å². The number of carbonyl (C=O) groups is 1. The fraction of sp³-hybridized carbons (Fsp3) is 0.125. The second-order valence-electron chi connectivity index (χ2n) is 9.03. The number of ether oxygens (including phenoxy) is 2. The summed E-state index contributed by atoms with van der Waals surface area (Å²) in [6.07, 6.45) is 1.87. The topological polar surface area (TPSA) is 51.1 Å². The van der Waals surface area contributed by atoms with Crippen LogP contribution >= 0.6 is 27.7 Å². The lowest BCUT2D eigenvalue weighted by Gasteiger charge is -2.15. The van der Waals surface area contributed by atoms with Crippen LogP contribution in [0, 0.1) is 6.92 Å². The molecular formula is C32H27BrN2O3S. The normalized spacial score (nSPS) is 15.3. The van der Waals surface area contributed by atoms with Crippen LogP contribution in [0.4, 0.5) is 5.69 Å². The summed E-state index contributed by atoms with van der Waals surface area (Å²) in [5.74, 6) is 1.10. The van der Waals surface area contributed by atoms with Crippen molar-refractivity contribution in [2.24, 2.45) is 4.99 Å². The highest BCUT2D eigenvalue weighted by Gasteiger charge is 2.33. The lowest BCUT2D eigenvalue weighted by atomic mass is 10.1. The number of nitrogens with zero attached hydrogens (tertiary/aromatic N) is 2. The standard InChI is InChI=1S/C32H27BrN2O3S/c1-22-13-15-26(16-14-22)34-32-35(20-23-9-5-3-6-10-23)31(36)29(39-32)19-25-17-27(33)30(28(18-25)37-2)38-21-24-11-7-4-8-12-24/h3-19H,20-21H2,1-2H3/b29-19+,34-32?. The SMILES string of the molecule is COc1cc(/C=C2/SC(=Nc3ccc(C)cc3)N(Cc3ccccc3)C2=O)cc(Br)c1OCc1ccccc1. The van der Waals surface area contributed by atoms with Crippen molar-refractivity contribution in [3.05, 3.63) is 129 Å². The fourth-order valence-corrected chi connectivity index (χ4v) is 5.64. The van der Waals surface area contributed by atoms with E-state index < -0.39 is 0 Å². The lowest BCUT2D eigenvalue weighted by Crippen LogP contribution is -2.28. The molecule has 0 radical (unpaired) electrons. The van der Waals surface area contributed by atoms with E-state index in [4.69, 9.17) is 14.5 Å². The van der Waals surface area contributed by atoms with Crippen LogP contribution in [0.25, 0.3) is 6.08 Å². The lowest BCUT2D eigenvalue weighted by molar-refractivity contribution is -0.122. The molecule has 0 aromatic heterocycles. The Balaban J connectivity index is 1.44. The molecule has 1 aliphatic rings. The predicted molar refractivity (Wildman–Crippen MR) is 162 cm³/mol. The van der Waals surface area contributed by atoms with Crippen molar-refractivity contribution >= 4 is 50.5 Å².